The van der Waals surface area contributed by atoms with Gasteiger partial charge in [-0.25, -0.2) is 19.7 Å². The summed E-state index contributed by atoms with van der Waals surface area (Å²) in [6, 6.07) is 0. The van der Waals surface area contributed by atoms with Crippen molar-refractivity contribution in [3.8, 4) is 0 Å². The van der Waals surface area contributed by atoms with Crippen LogP contribution in [0.25, 0.3) is 11.2 Å². The first-order valence-corrected chi connectivity index (χ1v) is 6.71. The number of aromatic nitrogens is 4. The normalized spacial score (nSPS) is 24.0. The monoisotopic (exact) mass is 322 g/mol. The number of rotatable bonds is 3. The van der Waals surface area contributed by atoms with Crippen LogP contribution >= 0.6 is 0 Å². The average molecular weight is 322 g/mol. The van der Waals surface area contributed by atoms with Gasteiger partial charge in [0.05, 0.1) is 12.9 Å². The molecule has 3 rings (SSSR count). The summed E-state index contributed by atoms with van der Waals surface area (Å²) in [5, 5.41) is 9.36. The number of primary amides is 1. The first-order chi connectivity index (χ1) is 11.0. The standard InChI is InChI=1S/C12H14N6O5/c13-9-8-11(16-3-15-9)18(4-17-8)7-1-5(6(2-19)22-7)23-12(21)10(14)20/h3-7,19H,1-2H2,(H2,14,20)(H2,13,15,16)/t5-,6+,7+/m0/s1. The number of esters is 1. The number of nitrogens with zero attached hydrogens (tertiary/aromatic N) is 4. The molecular formula is C12H14N6O5. The molecule has 5 N–H and O–H groups in total. The maximum absolute atomic E-state index is 11.3. The summed E-state index contributed by atoms with van der Waals surface area (Å²) < 4.78 is 12.2. The van der Waals surface area contributed by atoms with Crippen molar-refractivity contribution < 1.29 is 24.2 Å². The summed E-state index contributed by atoms with van der Waals surface area (Å²) in [5.41, 5.74) is 11.4. The number of hydrogen-bond acceptors (Lipinski definition) is 9. The number of imidazole rings is 1. The maximum atomic E-state index is 11.3. The number of aliphatic hydroxyl groups is 1. The number of ether oxygens (including phenoxy) is 2. The molecule has 3 atom stereocenters. The highest BCUT2D eigenvalue weighted by molar-refractivity contribution is 6.31. The number of carbonyl (C=O) groups excluding carboxylic acids is 2. The molecule has 23 heavy (non-hydrogen) atoms. The Kier molecular flexibility index (Phi) is 3.80. The van der Waals surface area contributed by atoms with Crippen molar-refractivity contribution in [3.63, 3.8) is 0 Å². The summed E-state index contributed by atoms with van der Waals surface area (Å²) >= 11 is 0. The number of aliphatic hydroxyl groups excluding tert-OH is 1. The lowest BCUT2D eigenvalue weighted by molar-refractivity contribution is -0.160. The predicted octanol–water partition coefficient (Wildman–Crippen LogP) is -1.91. The van der Waals surface area contributed by atoms with Crippen LogP contribution in [0.1, 0.15) is 12.6 Å². The molecule has 0 bridgehead atoms. The Labute approximate surface area is 129 Å². The smallest absolute Gasteiger partial charge is 0.396 e. The van der Waals surface area contributed by atoms with Gasteiger partial charge >= 0.3 is 11.9 Å². The van der Waals surface area contributed by atoms with E-state index in [-0.39, 0.29) is 12.2 Å². The Morgan fingerprint density at radius 3 is 2.91 bits per heavy atom. The molecule has 1 amide bonds. The molecule has 2 aromatic heterocycles. The highest BCUT2D eigenvalue weighted by atomic mass is 16.6. The van der Waals surface area contributed by atoms with Crippen LogP contribution in [0.15, 0.2) is 12.7 Å². The number of amides is 1. The van der Waals surface area contributed by atoms with Gasteiger partial charge in [-0.15, -0.1) is 0 Å². The van der Waals surface area contributed by atoms with Crippen LogP contribution in [-0.2, 0) is 19.1 Å². The third kappa shape index (κ3) is 2.66. The first-order valence-electron chi connectivity index (χ1n) is 6.71. The van der Waals surface area contributed by atoms with E-state index in [4.69, 9.17) is 20.9 Å². The van der Waals surface area contributed by atoms with Crippen LogP contribution in [0.2, 0.25) is 0 Å². The van der Waals surface area contributed by atoms with E-state index in [0.29, 0.717) is 11.2 Å². The molecule has 0 radical (unpaired) electrons. The Morgan fingerprint density at radius 2 is 2.22 bits per heavy atom. The van der Waals surface area contributed by atoms with E-state index in [9.17, 15) is 14.7 Å². The highest BCUT2D eigenvalue weighted by Crippen LogP contribution is 2.32. The highest BCUT2D eigenvalue weighted by Gasteiger charge is 2.39. The fourth-order valence-electron chi connectivity index (χ4n) is 2.44. The van der Waals surface area contributed by atoms with E-state index in [1.165, 1.54) is 12.7 Å². The first kappa shape index (κ1) is 15.1. The molecule has 1 aliphatic rings. The molecule has 0 aromatic carbocycles. The van der Waals surface area contributed by atoms with Gasteiger partial charge in [-0.05, 0) is 0 Å². The number of carbonyl (C=O) groups is 2. The lowest BCUT2D eigenvalue weighted by atomic mass is 10.2. The molecular weight excluding hydrogens is 308 g/mol. The van der Waals surface area contributed by atoms with Crippen LogP contribution in [0.5, 0.6) is 0 Å². The van der Waals surface area contributed by atoms with Gasteiger partial charge < -0.3 is 26.0 Å². The van der Waals surface area contributed by atoms with Crippen LogP contribution in [0.4, 0.5) is 5.82 Å². The van der Waals surface area contributed by atoms with Crippen molar-refractivity contribution in [1.82, 2.24) is 19.5 Å². The van der Waals surface area contributed by atoms with Gasteiger partial charge in [0, 0.05) is 6.42 Å². The largest absolute Gasteiger partial charge is 0.452 e. The van der Waals surface area contributed by atoms with E-state index < -0.39 is 36.9 Å². The summed E-state index contributed by atoms with van der Waals surface area (Å²) in [5.74, 6) is -2.17. The zero-order chi connectivity index (χ0) is 16.6. The lowest BCUT2D eigenvalue weighted by Gasteiger charge is -2.15. The minimum atomic E-state index is -1.21. The van der Waals surface area contributed by atoms with E-state index in [1.807, 2.05) is 0 Å². The molecule has 1 saturated heterocycles. The molecule has 3 heterocycles. The maximum Gasteiger partial charge on any atom is 0.396 e. The van der Waals surface area contributed by atoms with Crippen molar-refractivity contribution in [2.75, 3.05) is 12.3 Å². The van der Waals surface area contributed by atoms with E-state index >= 15 is 0 Å². The van der Waals surface area contributed by atoms with Gasteiger partial charge in [0.1, 0.15) is 30.3 Å². The van der Waals surface area contributed by atoms with Gasteiger partial charge in [-0.3, -0.25) is 9.36 Å². The number of anilines is 1. The molecule has 0 saturated carbocycles. The topological polar surface area (TPSA) is 168 Å². The Hall–Kier alpha value is -2.79. The van der Waals surface area contributed by atoms with E-state index in [0.717, 1.165) is 0 Å². The molecule has 0 unspecified atom stereocenters. The summed E-state index contributed by atoms with van der Waals surface area (Å²) in [6.07, 6.45) is 0.740. The quantitative estimate of drug-likeness (QED) is 0.431. The number of fused-ring (bicyclic) bond motifs is 1. The average Bonchev–Trinajstić information content (AvgIpc) is 3.11. The Balaban J connectivity index is 1.85. The van der Waals surface area contributed by atoms with Gasteiger partial charge in [0.25, 0.3) is 0 Å². The van der Waals surface area contributed by atoms with Crippen LogP contribution in [0.3, 0.4) is 0 Å². The van der Waals surface area contributed by atoms with Gasteiger partial charge in [-0.1, -0.05) is 0 Å². The van der Waals surface area contributed by atoms with Crippen LogP contribution < -0.4 is 11.5 Å². The Morgan fingerprint density at radius 1 is 1.43 bits per heavy atom. The van der Waals surface area contributed by atoms with Crippen molar-refractivity contribution in [2.24, 2.45) is 5.73 Å². The second-order valence-electron chi connectivity index (χ2n) is 4.94. The van der Waals surface area contributed by atoms with Crippen molar-refractivity contribution in [1.29, 1.82) is 0 Å². The number of hydrogen-bond donors (Lipinski definition) is 3. The van der Waals surface area contributed by atoms with E-state index in [2.05, 4.69) is 15.0 Å². The Bertz CT molecular complexity index is 761. The minimum absolute atomic E-state index is 0.194. The van der Waals surface area contributed by atoms with Crippen LogP contribution in [-0.4, -0.2) is 55.3 Å². The molecule has 2 aromatic rings. The molecule has 1 aliphatic heterocycles. The molecule has 11 heteroatoms. The summed E-state index contributed by atoms with van der Waals surface area (Å²) in [4.78, 5) is 34.2. The minimum Gasteiger partial charge on any atom is -0.452 e. The number of nitrogen functional groups attached to an aromatic ring is 1. The lowest BCUT2D eigenvalue weighted by Crippen LogP contribution is -2.35. The summed E-state index contributed by atoms with van der Waals surface area (Å²) in [7, 11) is 0. The zero-order valence-electron chi connectivity index (χ0n) is 11.8. The van der Waals surface area contributed by atoms with E-state index in [1.54, 1.807) is 4.57 Å². The SMILES string of the molecule is NC(=O)C(=O)O[C@H]1C[C@H](n2cnc3c(N)ncnc32)O[C@@H]1CO. The second kappa shape index (κ2) is 5.78. The van der Waals surface area contributed by atoms with Crippen molar-refractivity contribution in [2.45, 2.75) is 24.9 Å². The van der Waals surface area contributed by atoms with Crippen molar-refractivity contribution in [3.05, 3.63) is 12.7 Å². The van der Waals surface area contributed by atoms with Crippen molar-refractivity contribution >= 4 is 28.9 Å². The van der Waals surface area contributed by atoms with Gasteiger partial charge in [0.15, 0.2) is 11.5 Å². The third-order valence-electron chi connectivity index (χ3n) is 3.52. The third-order valence-corrected chi connectivity index (χ3v) is 3.52. The fraction of sp³-hybridized carbons (Fsp3) is 0.417. The van der Waals surface area contributed by atoms with Crippen LogP contribution in [0, 0.1) is 0 Å². The number of nitrogens with two attached hydrogens (primary N) is 2. The zero-order valence-corrected chi connectivity index (χ0v) is 11.8. The molecule has 0 aliphatic carbocycles. The predicted molar refractivity (Wildman–Crippen MR) is 74.4 cm³/mol. The van der Waals surface area contributed by atoms with Gasteiger partial charge in [-0.2, -0.15) is 0 Å². The second-order valence-corrected chi connectivity index (χ2v) is 4.94. The molecule has 0 spiro atoms. The fourth-order valence-corrected chi connectivity index (χ4v) is 2.44. The summed E-state index contributed by atoms with van der Waals surface area (Å²) in [6.45, 7) is -0.392. The molecule has 1 fully saturated rings. The van der Waals surface area contributed by atoms with Gasteiger partial charge in [0.2, 0.25) is 0 Å². The molecule has 11 nitrogen and oxygen atoms in total. The molecule has 122 valence electrons.